The number of rotatable bonds is 6. The van der Waals surface area contributed by atoms with Crippen LogP contribution < -0.4 is 5.32 Å². The average Bonchev–Trinajstić information content (AvgIpc) is 3.15. The summed E-state index contributed by atoms with van der Waals surface area (Å²) in [4.78, 5) is 28.0. The van der Waals surface area contributed by atoms with Gasteiger partial charge in [-0.1, -0.05) is 30.3 Å². The number of carboxylic acid groups (broad SMARTS) is 1. The van der Waals surface area contributed by atoms with Crippen LogP contribution in [0.3, 0.4) is 0 Å². The van der Waals surface area contributed by atoms with E-state index >= 15 is 0 Å². The van der Waals surface area contributed by atoms with E-state index in [2.05, 4.69) is 5.32 Å². The van der Waals surface area contributed by atoms with E-state index in [9.17, 15) is 27.5 Å². The van der Waals surface area contributed by atoms with E-state index in [4.69, 9.17) is 0 Å². The molecule has 0 aliphatic carbocycles. The van der Waals surface area contributed by atoms with Gasteiger partial charge in [-0.15, -0.1) is 0 Å². The van der Waals surface area contributed by atoms with Crippen molar-refractivity contribution in [2.75, 3.05) is 24.7 Å². The summed E-state index contributed by atoms with van der Waals surface area (Å²) in [7, 11) is -3.53. The molecule has 0 aromatic heterocycles. The number of carbonyl (C=O) groups excluding carboxylic acids is 1. The van der Waals surface area contributed by atoms with Crippen molar-refractivity contribution in [3.05, 3.63) is 59.9 Å². The fourth-order valence-corrected chi connectivity index (χ4v) is 5.51. The summed E-state index contributed by atoms with van der Waals surface area (Å²) in [6, 6.07) is 12.3. The van der Waals surface area contributed by atoms with Crippen LogP contribution >= 0.6 is 0 Å². The molecule has 0 spiro atoms. The number of anilines is 1. The highest BCUT2D eigenvalue weighted by molar-refractivity contribution is 7.90. The highest BCUT2D eigenvalue weighted by atomic mass is 32.2. The zero-order valence-corrected chi connectivity index (χ0v) is 19.7. The lowest BCUT2D eigenvalue weighted by Gasteiger charge is -2.41. The maximum atomic E-state index is 14.5. The summed E-state index contributed by atoms with van der Waals surface area (Å²) in [6.45, 7) is 0.844. The number of nitrogens with one attached hydrogen (secondary N) is 1. The van der Waals surface area contributed by atoms with E-state index in [1.54, 1.807) is 4.90 Å². The van der Waals surface area contributed by atoms with Gasteiger partial charge in [0.05, 0.1) is 10.6 Å². The largest absolute Gasteiger partial charge is 0.465 e. The van der Waals surface area contributed by atoms with Gasteiger partial charge in [0.25, 0.3) is 0 Å². The van der Waals surface area contributed by atoms with E-state index in [1.165, 1.54) is 17.0 Å². The van der Waals surface area contributed by atoms with Crippen LogP contribution in [0, 0.1) is 5.82 Å². The first kappa shape index (κ1) is 24.0. The Kier molecular flexibility index (Phi) is 6.79. The van der Waals surface area contributed by atoms with Crippen molar-refractivity contribution in [2.24, 2.45) is 0 Å². The van der Waals surface area contributed by atoms with Crippen molar-refractivity contribution in [3.63, 3.8) is 0 Å². The van der Waals surface area contributed by atoms with E-state index < -0.39 is 27.8 Å². The Morgan fingerprint density at radius 1 is 1.15 bits per heavy atom. The highest BCUT2D eigenvalue weighted by Crippen LogP contribution is 2.29. The molecule has 2 aliphatic rings. The molecule has 2 N–H and O–H groups in total. The van der Waals surface area contributed by atoms with Crippen molar-refractivity contribution < 1.29 is 27.5 Å². The second-order valence-electron chi connectivity index (χ2n) is 8.93. The Labute approximate surface area is 198 Å². The molecule has 8 nitrogen and oxygen atoms in total. The van der Waals surface area contributed by atoms with Gasteiger partial charge >= 0.3 is 6.09 Å². The fourth-order valence-electron chi connectivity index (χ4n) is 4.87. The number of amides is 2. The van der Waals surface area contributed by atoms with Crippen molar-refractivity contribution >= 4 is 27.5 Å². The monoisotopic (exact) mass is 489 g/mol. The second-order valence-corrected chi connectivity index (χ2v) is 10.9. The topological polar surface area (TPSA) is 107 Å². The molecule has 0 saturated carbocycles. The van der Waals surface area contributed by atoms with Gasteiger partial charge in [-0.05, 0) is 49.4 Å². The van der Waals surface area contributed by atoms with E-state index in [-0.39, 0.29) is 28.6 Å². The Bertz CT molecular complexity index is 1170. The van der Waals surface area contributed by atoms with E-state index in [0.717, 1.165) is 17.9 Å². The first-order valence-corrected chi connectivity index (χ1v) is 13.1. The lowest BCUT2D eigenvalue weighted by Crippen LogP contribution is -2.53. The molecule has 182 valence electrons. The van der Waals surface area contributed by atoms with Crippen molar-refractivity contribution in [1.29, 1.82) is 0 Å². The van der Waals surface area contributed by atoms with Crippen LogP contribution in [-0.2, 0) is 21.1 Å². The molecule has 3 atom stereocenters. The average molecular weight is 490 g/mol. The van der Waals surface area contributed by atoms with Gasteiger partial charge in [-0.25, -0.2) is 17.6 Å². The zero-order chi connectivity index (χ0) is 24.5. The molecular formula is C24H28FN3O5S. The lowest BCUT2D eigenvalue weighted by molar-refractivity contribution is -0.131. The SMILES string of the molecule is CS(=O)(=O)c1ccc(NC2CCN(C3CCN(C(=O)O)C(Cc4ccccc4)C3)C2=O)c(F)c1. The molecule has 2 aromatic carbocycles. The third kappa shape index (κ3) is 5.16. The molecule has 2 amide bonds. The molecule has 0 radical (unpaired) electrons. The predicted molar refractivity (Wildman–Crippen MR) is 125 cm³/mol. The molecule has 10 heteroatoms. The number of likely N-dealkylation sites (tertiary alicyclic amines) is 2. The molecule has 3 unspecified atom stereocenters. The van der Waals surface area contributed by atoms with Gasteiger partial charge < -0.3 is 20.2 Å². The predicted octanol–water partition coefficient (Wildman–Crippen LogP) is 3.00. The highest BCUT2D eigenvalue weighted by Gasteiger charge is 2.40. The second kappa shape index (κ2) is 9.61. The number of carbonyl (C=O) groups is 2. The molecule has 34 heavy (non-hydrogen) atoms. The number of sulfone groups is 1. The van der Waals surface area contributed by atoms with Crippen LogP contribution in [0.15, 0.2) is 53.4 Å². The van der Waals surface area contributed by atoms with Gasteiger partial charge in [0.2, 0.25) is 5.91 Å². The molecule has 2 saturated heterocycles. The Morgan fingerprint density at radius 3 is 2.53 bits per heavy atom. The Hall–Kier alpha value is -3.14. The molecule has 2 fully saturated rings. The minimum atomic E-state index is -3.53. The van der Waals surface area contributed by atoms with Crippen LogP contribution in [-0.4, -0.2) is 72.8 Å². The van der Waals surface area contributed by atoms with Crippen LogP contribution in [0.4, 0.5) is 14.9 Å². The number of hydrogen-bond acceptors (Lipinski definition) is 5. The van der Waals surface area contributed by atoms with E-state index in [0.29, 0.717) is 38.8 Å². The zero-order valence-electron chi connectivity index (χ0n) is 18.9. The fraction of sp³-hybridized carbons (Fsp3) is 0.417. The van der Waals surface area contributed by atoms with Gasteiger partial charge in [-0.3, -0.25) is 4.79 Å². The first-order chi connectivity index (χ1) is 16.1. The number of nitrogens with zero attached hydrogens (tertiary/aromatic N) is 2. The Balaban J connectivity index is 1.44. The van der Waals surface area contributed by atoms with E-state index in [1.807, 2.05) is 30.3 Å². The summed E-state index contributed by atoms with van der Waals surface area (Å²) in [5.74, 6) is -0.884. The standard InChI is InChI=1S/C24H28FN3O5S/c1-34(32,33)19-7-8-21(20(25)15-19)26-22-10-12-27(23(22)29)17-9-11-28(24(30)31)18(14-17)13-16-5-3-2-4-6-16/h2-8,15,17-18,22,26H,9-14H2,1H3,(H,30,31). The maximum Gasteiger partial charge on any atom is 0.407 e. The van der Waals surface area contributed by atoms with Crippen molar-refractivity contribution in [2.45, 2.75) is 48.7 Å². The van der Waals surface area contributed by atoms with Crippen LogP contribution in [0.1, 0.15) is 24.8 Å². The smallest absolute Gasteiger partial charge is 0.407 e. The molecular weight excluding hydrogens is 461 g/mol. The molecule has 2 aromatic rings. The third-order valence-electron chi connectivity index (χ3n) is 6.63. The van der Waals surface area contributed by atoms with Crippen LogP contribution in [0.2, 0.25) is 0 Å². The quantitative estimate of drug-likeness (QED) is 0.646. The Morgan fingerprint density at radius 2 is 1.88 bits per heavy atom. The normalized spacial score (nSPS) is 23.2. The minimum absolute atomic E-state index is 0.0789. The number of halogens is 1. The first-order valence-electron chi connectivity index (χ1n) is 11.2. The molecule has 4 rings (SSSR count). The third-order valence-corrected chi connectivity index (χ3v) is 7.74. The van der Waals surface area contributed by atoms with Gasteiger partial charge in [0.15, 0.2) is 9.84 Å². The van der Waals surface area contributed by atoms with Crippen molar-refractivity contribution in [1.82, 2.24) is 9.80 Å². The summed E-state index contributed by atoms with van der Waals surface area (Å²) in [6.07, 6.45) is 2.19. The maximum absolute atomic E-state index is 14.5. The van der Waals surface area contributed by atoms with Crippen molar-refractivity contribution in [3.8, 4) is 0 Å². The summed E-state index contributed by atoms with van der Waals surface area (Å²) in [5.41, 5.74) is 1.12. The number of benzene rings is 2. The van der Waals surface area contributed by atoms with Gasteiger partial charge in [-0.2, -0.15) is 0 Å². The molecule has 2 heterocycles. The lowest BCUT2D eigenvalue weighted by atomic mass is 9.91. The molecule has 0 bridgehead atoms. The summed E-state index contributed by atoms with van der Waals surface area (Å²) < 4.78 is 37.7. The van der Waals surface area contributed by atoms with Gasteiger partial charge in [0, 0.05) is 31.4 Å². The number of piperidine rings is 1. The van der Waals surface area contributed by atoms with Crippen LogP contribution in [0.5, 0.6) is 0 Å². The number of hydrogen-bond donors (Lipinski definition) is 2. The summed E-state index contributed by atoms with van der Waals surface area (Å²) in [5, 5.41) is 12.6. The van der Waals surface area contributed by atoms with Crippen LogP contribution in [0.25, 0.3) is 0 Å². The minimum Gasteiger partial charge on any atom is -0.465 e. The molecule has 2 aliphatic heterocycles. The van der Waals surface area contributed by atoms with Gasteiger partial charge in [0.1, 0.15) is 11.9 Å². The summed E-state index contributed by atoms with van der Waals surface area (Å²) >= 11 is 0.